The van der Waals surface area contributed by atoms with Gasteiger partial charge in [0.15, 0.2) is 0 Å². The molecule has 0 unspecified atom stereocenters. The Hall–Kier alpha value is -0.715. The molecule has 0 aliphatic rings. The van der Waals surface area contributed by atoms with Crippen LogP contribution in [0.2, 0.25) is 0 Å². The maximum atomic E-state index is 5.78. The van der Waals surface area contributed by atoms with Gasteiger partial charge < -0.3 is 0 Å². The highest BCUT2D eigenvalue weighted by Crippen LogP contribution is 2.15. The van der Waals surface area contributed by atoms with Crippen molar-refractivity contribution in [3.05, 3.63) is 29.3 Å². The van der Waals surface area contributed by atoms with Crippen LogP contribution in [0.1, 0.15) is 37.8 Å². The van der Waals surface area contributed by atoms with Gasteiger partial charge >= 0.3 is 0 Å². The lowest BCUT2D eigenvalue weighted by molar-refractivity contribution is 0.490. The average molecular weight is 186 g/mol. The highest BCUT2D eigenvalue weighted by Gasteiger charge is 2.05. The summed E-state index contributed by atoms with van der Waals surface area (Å²) < 4.78 is 0. The summed E-state index contributed by atoms with van der Waals surface area (Å²) in [6, 6.07) is 6.39. The van der Waals surface area contributed by atoms with Crippen molar-refractivity contribution in [2.45, 2.75) is 40.0 Å². The molecule has 0 N–H and O–H groups in total. The molecule has 2 radical (unpaired) electrons. The minimum Gasteiger partial charge on any atom is -0.0938 e. The van der Waals surface area contributed by atoms with Crippen LogP contribution in [0.4, 0.5) is 0 Å². The lowest BCUT2D eigenvalue weighted by Gasteiger charge is -2.13. The van der Waals surface area contributed by atoms with Crippen LogP contribution in [-0.2, 0) is 6.42 Å². The lowest BCUT2D eigenvalue weighted by Crippen LogP contribution is -2.09. The molecule has 0 aromatic heterocycles. The number of hydrogen-bond acceptors (Lipinski definition) is 0. The summed E-state index contributed by atoms with van der Waals surface area (Å²) in [6.45, 7) is 6.60. The molecule has 1 rings (SSSR count). The van der Waals surface area contributed by atoms with Crippen molar-refractivity contribution < 1.29 is 0 Å². The molecule has 0 atom stereocenters. The van der Waals surface area contributed by atoms with Gasteiger partial charge in [-0.25, -0.2) is 0 Å². The van der Waals surface area contributed by atoms with Gasteiger partial charge in [-0.05, 0) is 24.8 Å². The summed E-state index contributed by atoms with van der Waals surface area (Å²) in [5.74, 6) is 0.818. The average Bonchev–Trinajstić information content (AvgIpc) is 2.19. The number of aryl methyl sites for hydroxylation is 1. The summed E-state index contributed by atoms with van der Waals surface area (Å²) in [7, 11) is 5.78. The Morgan fingerprint density at radius 3 is 2.36 bits per heavy atom. The largest absolute Gasteiger partial charge is 0.114 e. The van der Waals surface area contributed by atoms with Gasteiger partial charge in [0.05, 0.1) is 0 Å². The fourth-order valence-corrected chi connectivity index (χ4v) is 1.78. The van der Waals surface area contributed by atoms with E-state index in [0.29, 0.717) is 0 Å². The van der Waals surface area contributed by atoms with E-state index < -0.39 is 0 Å². The SMILES string of the molecule is [B]c1ccc(CC(CC)CC)cc1C. The Morgan fingerprint density at radius 1 is 1.21 bits per heavy atom. The van der Waals surface area contributed by atoms with E-state index >= 15 is 0 Å². The second kappa shape index (κ2) is 5.24. The first-order valence-electron chi connectivity index (χ1n) is 5.52. The van der Waals surface area contributed by atoms with Crippen molar-refractivity contribution in [3.63, 3.8) is 0 Å². The third-order valence-electron chi connectivity index (χ3n) is 3.01. The molecular weight excluding hydrogens is 167 g/mol. The number of benzene rings is 1. The molecule has 0 saturated heterocycles. The van der Waals surface area contributed by atoms with E-state index in [1.165, 1.54) is 30.4 Å². The number of rotatable bonds is 4. The molecule has 1 heteroatoms. The molecule has 0 nitrogen and oxygen atoms in total. The smallest absolute Gasteiger partial charge is 0.0938 e. The molecular formula is C13H19B. The quantitative estimate of drug-likeness (QED) is 0.634. The molecule has 0 fully saturated rings. The first-order valence-corrected chi connectivity index (χ1v) is 5.52. The van der Waals surface area contributed by atoms with E-state index in [1.54, 1.807) is 0 Å². The normalized spacial score (nSPS) is 10.9. The maximum Gasteiger partial charge on any atom is 0.114 e. The second-order valence-corrected chi connectivity index (χ2v) is 4.08. The Morgan fingerprint density at radius 2 is 1.86 bits per heavy atom. The van der Waals surface area contributed by atoms with Crippen molar-refractivity contribution >= 4 is 13.3 Å². The van der Waals surface area contributed by atoms with Crippen LogP contribution in [0.25, 0.3) is 0 Å². The van der Waals surface area contributed by atoms with Gasteiger partial charge in [0.2, 0.25) is 0 Å². The maximum absolute atomic E-state index is 5.78. The summed E-state index contributed by atoms with van der Waals surface area (Å²) in [5.41, 5.74) is 3.53. The predicted octanol–water partition coefficient (Wildman–Crippen LogP) is 2.77. The van der Waals surface area contributed by atoms with Crippen LogP contribution in [-0.4, -0.2) is 7.85 Å². The summed E-state index contributed by atoms with van der Waals surface area (Å²) in [4.78, 5) is 0. The van der Waals surface area contributed by atoms with Crippen molar-refractivity contribution in [3.8, 4) is 0 Å². The highest BCUT2D eigenvalue weighted by molar-refractivity contribution is 6.33. The van der Waals surface area contributed by atoms with Gasteiger partial charge in [-0.1, -0.05) is 55.9 Å². The summed E-state index contributed by atoms with van der Waals surface area (Å²) >= 11 is 0. The van der Waals surface area contributed by atoms with Crippen LogP contribution in [0.3, 0.4) is 0 Å². The first kappa shape index (κ1) is 11.4. The first-order chi connectivity index (χ1) is 6.67. The van der Waals surface area contributed by atoms with Gasteiger partial charge in [-0.3, -0.25) is 0 Å². The molecule has 0 spiro atoms. The van der Waals surface area contributed by atoms with E-state index in [1.807, 2.05) is 6.07 Å². The monoisotopic (exact) mass is 186 g/mol. The van der Waals surface area contributed by atoms with E-state index in [4.69, 9.17) is 7.85 Å². The highest BCUT2D eigenvalue weighted by atomic mass is 14.1. The molecule has 0 aliphatic heterocycles. The van der Waals surface area contributed by atoms with E-state index in [0.717, 1.165) is 11.4 Å². The second-order valence-electron chi connectivity index (χ2n) is 4.08. The van der Waals surface area contributed by atoms with Crippen LogP contribution < -0.4 is 5.46 Å². The summed E-state index contributed by atoms with van der Waals surface area (Å²) in [5, 5.41) is 0. The fourth-order valence-electron chi connectivity index (χ4n) is 1.78. The van der Waals surface area contributed by atoms with Crippen LogP contribution in [0.15, 0.2) is 18.2 Å². The van der Waals surface area contributed by atoms with E-state index in [-0.39, 0.29) is 0 Å². The van der Waals surface area contributed by atoms with Crippen molar-refractivity contribution in [2.24, 2.45) is 5.92 Å². The minimum absolute atomic E-state index is 0.818. The minimum atomic E-state index is 0.818. The lowest BCUT2D eigenvalue weighted by atomic mass is 9.87. The van der Waals surface area contributed by atoms with Gasteiger partial charge in [0.25, 0.3) is 0 Å². The third kappa shape index (κ3) is 2.90. The molecule has 0 heterocycles. The molecule has 0 aliphatic carbocycles. The summed E-state index contributed by atoms with van der Waals surface area (Å²) in [6.07, 6.45) is 3.72. The third-order valence-corrected chi connectivity index (χ3v) is 3.01. The molecule has 0 amide bonds. The van der Waals surface area contributed by atoms with Gasteiger partial charge in [0.1, 0.15) is 7.85 Å². The molecule has 1 aromatic carbocycles. The molecule has 0 bridgehead atoms. The van der Waals surface area contributed by atoms with Crippen LogP contribution in [0.5, 0.6) is 0 Å². The topological polar surface area (TPSA) is 0 Å². The molecule has 74 valence electrons. The zero-order valence-electron chi connectivity index (χ0n) is 9.51. The van der Waals surface area contributed by atoms with Gasteiger partial charge in [0, 0.05) is 0 Å². The van der Waals surface area contributed by atoms with Crippen molar-refractivity contribution in [1.29, 1.82) is 0 Å². The Labute approximate surface area is 89.1 Å². The van der Waals surface area contributed by atoms with Crippen molar-refractivity contribution in [2.75, 3.05) is 0 Å². The van der Waals surface area contributed by atoms with Crippen molar-refractivity contribution in [1.82, 2.24) is 0 Å². The zero-order valence-corrected chi connectivity index (χ0v) is 9.51. The Bertz CT molecular complexity index is 287. The Balaban J connectivity index is 2.72. The fraction of sp³-hybridized carbons (Fsp3) is 0.538. The van der Waals surface area contributed by atoms with Crippen LogP contribution >= 0.6 is 0 Å². The van der Waals surface area contributed by atoms with Gasteiger partial charge in [-0.15, -0.1) is 0 Å². The van der Waals surface area contributed by atoms with E-state index in [9.17, 15) is 0 Å². The standard InChI is InChI=1S/C13H19B/c1-4-11(5-2)9-12-6-7-13(14)10(3)8-12/h6-8,11H,4-5,9H2,1-3H3. The molecule has 1 aromatic rings. The number of hydrogen-bond donors (Lipinski definition) is 0. The van der Waals surface area contributed by atoms with Gasteiger partial charge in [-0.2, -0.15) is 0 Å². The predicted molar refractivity (Wildman–Crippen MR) is 64.3 cm³/mol. The molecule has 14 heavy (non-hydrogen) atoms. The van der Waals surface area contributed by atoms with E-state index in [2.05, 4.69) is 32.9 Å². The molecule has 0 saturated carbocycles. The zero-order chi connectivity index (χ0) is 10.6. The van der Waals surface area contributed by atoms with Crippen LogP contribution in [0, 0.1) is 12.8 Å². The Kier molecular flexibility index (Phi) is 4.25.